The van der Waals surface area contributed by atoms with Crippen LogP contribution in [0.5, 0.6) is 5.75 Å². The van der Waals surface area contributed by atoms with Gasteiger partial charge in [0.2, 0.25) is 10.0 Å². The van der Waals surface area contributed by atoms with Crippen molar-refractivity contribution in [3.05, 3.63) is 59.1 Å². The Bertz CT molecular complexity index is 955. The highest BCUT2D eigenvalue weighted by atomic mass is 35.5. The van der Waals surface area contributed by atoms with E-state index in [1.54, 1.807) is 53.4 Å². The van der Waals surface area contributed by atoms with Gasteiger partial charge in [0.1, 0.15) is 5.75 Å². The van der Waals surface area contributed by atoms with E-state index in [2.05, 4.69) is 0 Å². The molecule has 2 aromatic carbocycles. The Balaban J connectivity index is 1.64. The Morgan fingerprint density at radius 2 is 1.69 bits per heavy atom. The van der Waals surface area contributed by atoms with E-state index in [1.165, 1.54) is 4.31 Å². The molecule has 1 unspecified atom stereocenters. The molecule has 1 amide bonds. The molecule has 0 spiro atoms. The van der Waals surface area contributed by atoms with Crippen molar-refractivity contribution in [1.29, 1.82) is 0 Å². The molecule has 1 saturated heterocycles. The highest BCUT2D eigenvalue weighted by molar-refractivity contribution is 7.89. The summed E-state index contributed by atoms with van der Waals surface area (Å²) >= 11 is 6.13. The Morgan fingerprint density at radius 3 is 2.28 bits per heavy atom. The van der Waals surface area contributed by atoms with E-state index in [1.807, 2.05) is 13.8 Å². The maximum Gasteiger partial charge on any atom is 0.263 e. The first-order chi connectivity index (χ1) is 13.8. The third-order valence-electron chi connectivity index (χ3n) is 4.96. The number of nitrogens with zero attached hydrogens (tertiary/aromatic N) is 2. The Morgan fingerprint density at radius 1 is 1.07 bits per heavy atom. The standard InChI is InChI=1S/C21H25ClN2O4S/c1-3-19(28-20-7-5-4-6-18(20)22)21(25)23-12-14-24(15-13-23)29(26,27)17-10-8-16(2)9-11-17/h4-11,19H,3,12-15H2,1-2H3. The molecule has 8 heteroatoms. The largest absolute Gasteiger partial charge is 0.479 e. The molecule has 0 bridgehead atoms. The van der Waals surface area contributed by atoms with Gasteiger partial charge in [0.15, 0.2) is 6.10 Å². The zero-order chi connectivity index (χ0) is 21.0. The lowest BCUT2D eigenvalue weighted by Gasteiger charge is -2.35. The van der Waals surface area contributed by atoms with Gasteiger partial charge in [-0.05, 0) is 37.6 Å². The number of amides is 1. The van der Waals surface area contributed by atoms with Gasteiger partial charge in [0.05, 0.1) is 9.92 Å². The van der Waals surface area contributed by atoms with Crippen LogP contribution >= 0.6 is 11.6 Å². The Labute approximate surface area is 177 Å². The molecule has 1 atom stereocenters. The van der Waals surface area contributed by atoms with Crippen LogP contribution in [-0.4, -0.2) is 55.8 Å². The van der Waals surface area contributed by atoms with Crippen LogP contribution in [0.3, 0.4) is 0 Å². The normalized spacial score (nSPS) is 16.4. The summed E-state index contributed by atoms with van der Waals surface area (Å²) in [4.78, 5) is 14.8. The average Bonchev–Trinajstić information content (AvgIpc) is 2.73. The van der Waals surface area contributed by atoms with Crippen LogP contribution in [-0.2, 0) is 14.8 Å². The van der Waals surface area contributed by atoms with Crippen LogP contribution in [0.4, 0.5) is 0 Å². The van der Waals surface area contributed by atoms with Gasteiger partial charge in [-0.1, -0.05) is 48.4 Å². The molecule has 0 saturated carbocycles. The number of sulfonamides is 1. The number of carbonyl (C=O) groups excluding carboxylic acids is 1. The number of ether oxygens (including phenoxy) is 1. The summed E-state index contributed by atoms with van der Waals surface area (Å²) in [5.41, 5.74) is 1.00. The first kappa shape index (κ1) is 21.6. The van der Waals surface area contributed by atoms with E-state index >= 15 is 0 Å². The minimum atomic E-state index is -3.56. The topological polar surface area (TPSA) is 66.9 Å². The second-order valence-electron chi connectivity index (χ2n) is 6.99. The molecule has 1 heterocycles. The molecule has 156 valence electrons. The fourth-order valence-corrected chi connectivity index (χ4v) is 4.82. The number of piperazine rings is 1. The monoisotopic (exact) mass is 436 g/mol. The van der Waals surface area contributed by atoms with Gasteiger partial charge in [-0.15, -0.1) is 0 Å². The van der Waals surface area contributed by atoms with Crippen molar-refractivity contribution in [3.63, 3.8) is 0 Å². The summed E-state index contributed by atoms with van der Waals surface area (Å²) in [7, 11) is -3.56. The number of hydrogen-bond acceptors (Lipinski definition) is 4. The summed E-state index contributed by atoms with van der Waals surface area (Å²) in [5, 5.41) is 0.452. The fraction of sp³-hybridized carbons (Fsp3) is 0.381. The van der Waals surface area contributed by atoms with Gasteiger partial charge >= 0.3 is 0 Å². The highest BCUT2D eigenvalue weighted by Crippen LogP contribution is 2.26. The first-order valence-electron chi connectivity index (χ1n) is 9.59. The average molecular weight is 437 g/mol. The lowest BCUT2D eigenvalue weighted by molar-refractivity contribution is -0.140. The summed E-state index contributed by atoms with van der Waals surface area (Å²) < 4.78 is 32.9. The number of para-hydroxylation sites is 1. The minimum absolute atomic E-state index is 0.153. The second kappa shape index (κ2) is 9.15. The van der Waals surface area contributed by atoms with Crippen molar-refractivity contribution in [1.82, 2.24) is 9.21 Å². The van der Waals surface area contributed by atoms with Gasteiger partial charge in [0, 0.05) is 26.2 Å². The molecule has 3 rings (SSSR count). The summed E-state index contributed by atoms with van der Waals surface area (Å²) in [6.45, 7) is 4.95. The SMILES string of the molecule is CCC(Oc1ccccc1Cl)C(=O)N1CCN(S(=O)(=O)c2ccc(C)cc2)CC1. The van der Waals surface area contributed by atoms with Crippen LogP contribution in [0.1, 0.15) is 18.9 Å². The molecule has 2 aromatic rings. The van der Waals surface area contributed by atoms with Gasteiger partial charge in [-0.25, -0.2) is 8.42 Å². The predicted molar refractivity (Wildman–Crippen MR) is 113 cm³/mol. The highest BCUT2D eigenvalue weighted by Gasteiger charge is 2.33. The van der Waals surface area contributed by atoms with Crippen molar-refractivity contribution >= 4 is 27.5 Å². The molecule has 0 aliphatic carbocycles. The van der Waals surface area contributed by atoms with E-state index in [9.17, 15) is 13.2 Å². The lowest BCUT2D eigenvalue weighted by atomic mass is 10.2. The molecule has 1 aliphatic heterocycles. The maximum atomic E-state index is 12.9. The van der Waals surface area contributed by atoms with Crippen LogP contribution in [0, 0.1) is 6.92 Å². The number of aryl methyl sites for hydroxylation is 1. The molecule has 6 nitrogen and oxygen atoms in total. The van der Waals surface area contributed by atoms with Gasteiger partial charge in [-0.3, -0.25) is 4.79 Å². The predicted octanol–water partition coefficient (Wildman–Crippen LogP) is 3.34. The van der Waals surface area contributed by atoms with Gasteiger partial charge in [-0.2, -0.15) is 4.31 Å². The zero-order valence-electron chi connectivity index (χ0n) is 16.5. The first-order valence-corrected chi connectivity index (χ1v) is 11.4. The smallest absolute Gasteiger partial charge is 0.263 e. The molecular formula is C21H25ClN2O4S. The third-order valence-corrected chi connectivity index (χ3v) is 7.19. The molecule has 1 fully saturated rings. The van der Waals surface area contributed by atoms with E-state index in [4.69, 9.17) is 16.3 Å². The summed E-state index contributed by atoms with van der Waals surface area (Å²) in [5.74, 6) is 0.315. The third kappa shape index (κ3) is 4.91. The number of benzene rings is 2. The quantitative estimate of drug-likeness (QED) is 0.696. The Kier molecular flexibility index (Phi) is 6.82. The second-order valence-corrected chi connectivity index (χ2v) is 9.33. The molecular weight excluding hydrogens is 412 g/mol. The summed E-state index contributed by atoms with van der Waals surface area (Å²) in [6.07, 6.45) is -0.165. The van der Waals surface area contributed by atoms with Crippen molar-refractivity contribution in [2.45, 2.75) is 31.3 Å². The molecule has 29 heavy (non-hydrogen) atoms. The number of halogens is 1. The molecule has 0 N–H and O–H groups in total. The van der Waals surface area contributed by atoms with Crippen molar-refractivity contribution in [2.24, 2.45) is 0 Å². The van der Waals surface area contributed by atoms with Crippen molar-refractivity contribution in [2.75, 3.05) is 26.2 Å². The Hall–Kier alpha value is -2.09. The molecule has 0 aromatic heterocycles. The minimum Gasteiger partial charge on any atom is -0.479 e. The van der Waals surface area contributed by atoms with Crippen molar-refractivity contribution < 1.29 is 17.9 Å². The van der Waals surface area contributed by atoms with E-state index in [-0.39, 0.29) is 23.9 Å². The zero-order valence-corrected chi connectivity index (χ0v) is 18.1. The van der Waals surface area contributed by atoms with E-state index in [0.29, 0.717) is 30.3 Å². The van der Waals surface area contributed by atoms with Crippen LogP contribution in [0.25, 0.3) is 0 Å². The fourth-order valence-electron chi connectivity index (χ4n) is 3.21. The van der Waals surface area contributed by atoms with Crippen LogP contribution in [0.2, 0.25) is 5.02 Å². The van der Waals surface area contributed by atoms with Gasteiger partial charge < -0.3 is 9.64 Å². The number of hydrogen-bond donors (Lipinski definition) is 0. The number of rotatable bonds is 6. The molecule has 1 aliphatic rings. The van der Waals surface area contributed by atoms with Crippen molar-refractivity contribution in [3.8, 4) is 5.75 Å². The lowest BCUT2D eigenvalue weighted by Crippen LogP contribution is -2.53. The molecule has 0 radical (unpaired) electrons. The van der Waals surface area contributed by atoms with Crippen LogP contribution in [0.15, 0.2) is 53.4 Å². The maximum absolute atomic E-state index is 12.9. The number of carbonyl (C=O) groups is 1. The van der Waals surface area contributed by atoms with E-state index < -0.39 is 16.1 Å². The van der Waals surface area contributed by atoms with Crippen LogP contribution < -0.4 is 4.74 Å². The van der Waals surface area contributed by atoms with Gasteiger partial charge in [0.25, 0.3) is 5.91 Å². The summed E-state index contributed by atoms with van der Waals surface area (Å²) in [6, 6.07) is 13.8. The van der Waals surface area contributed by atoms with E-state index in [0.717, 1.165) is 5.56 Å².